The molecule has 31 heavy (non-hydrogen) atoms. The number of ether oxygens (including phenoxy) is 1. The lowest BCUT2D eigenvalue weighted by Gasteiger charge is -2.29. The third kappa shape index (κ3) is 5.89. The number of aliphatic hydroxyl groups excluding tert-OH is 1. The van der Waals surface area contributed by atoms with Gasteiger partial charge in [-0.15, -0.1) is 0 Å². The lowest BCUT2D eigenvalue weighted by molar-refractivity contribution is -0.117. The normalized spacial score (nSPS) is 22.1. The Morgan fingerprint density at radius 3 is 2.87 bits per heavy atom. The minimum atomic E-state index is -0.616. The summed E-state index contributed by atoms with van der Waals surface area (Å²) >= 11 is 0. The zero-order valence-electron chi connectivity index (χ0n) is 17.8. The van der Waals surface area contributed by atoms with Crippen molar-refractivity contribution in [1.29, 1.82) is 0 Å². The van der Waals surface area contributed by atoms with E-state index in [-0.39, 0.29) is 24.7 Å². The monoisotopic (exact) mass is 424 g/mol. The lowest BCUT2D eigenvalue weighted by Crippen LogP contribution is -2.48. The fraction of sp³-hybridized carbons (Fsp3) is 0.500. The van der Waals surface area contributed by atoms with Crippen LogP contribution in [0.15, 0.2) is 42.7 Å². The second-order valence-corrected chi connectivity index (χ2v) is 8.59. The quantitative estimate of drug-likeness (QED) is 0.488. The highest BCUT2D eigenvalue weighted by atomic mass is 16.5. The number of hydrogen-bond donors (Lipinski definition) is 4. The van der Waals surface area contributed by atoms with Crippen LogP contribution in [0.5, 0.6) is 0 Å². The molecule has 0 unspecified atom stereocenters. The molecule has 4 rings (SSSR count). The van der Waals surface area contributed by atoms with Crippen molar-refractivity contribution in [2.45, 2.75) is 56.2 Å². The maximum absolute atomic E-state index is 12.8. The predicted octanol–water partition coefficient (Wildman–Crippen LogP) is 1.75. The minimum absolute atomic E-state index is 0.0126. The molecule has 166 valence electrons. The topological polar surface area (TPSA) is 110 Å². The number of carbonyl (C=O) groups is 1. The Balaban J connectivity index is 1.33. The van der Waals surface area contributed by atoms with Gasteiger partial charge in [-0.05, 0) is 60.8 Å². The molecule has 1 aliphatic carbocycles. The molecule has 2 heterocycles. The van der Waals surface area contributed by atoms with Crippen molar-refractivity contribution in [1.82, 2.24) is 10.3 Å². The molecule has 0 radical (unpaired) electrons. The van der Waals surface area contributed by atoms with Crippen LogP contribution in [0.25, 0.3) is 0 Å². The summed E-state index contributed by atoms with van der Waals surface area (Å²) in [6, 6.07) is 9.62. The molecule has 2 aromatic rings. The summed E-state index contributed by atoms with van der Waals surface area (Å²) in [5.74, 6) is 0.432. The van der Waals surface area contributed by atoms with Crippen LogP contribution in [-0.2, 0) is 22.4 Å². The molecule has 7 nitrogen and oxygen atoms in total. The van der Waals surface area contributed by atoms with Gasteiger partial charge in [-0.2, -0.15) is 0 Å². The van der Waals surface area contributed by atoms with Gasteiger partial charge in [0, 0.05) is 12.7 Å². The van der Waals surface area contributed by atoms with Crippen LogP contribution >= 0.6 is 0 Å². The van der Waals surface area contributed by atoms with Gasteiger partial charge in [0.15, 0.2) is 0 Å². The molecule has 1 saturated heterocycles. The third-order valence-corrected chi connectivity index (χ3v) is 6.14. The SMILES string of the molecule is N[C@@H](Cc1ccccc1C1CC1)C(=O)Nc1cnccc1CC[C@@H]1CN[C@H](CO)CO1. The fourth-order valence-corrected chi connectivity index (χ4v) is 4.11. The van der Waals surface area contributed by atoms with Crippen LogP contribution in [0.3, 0.4) is 0 Å². The van der Waals surface area contributed by atoms with Crippen molar-refractivity contribution in [2.75, 3.05) is 25.1 Å². The zero-order chi connectivity index (χ0) is 21.6. The van der Waals surface area contributed by atoms with Gasteiger partial charge in [-0.3, -0.25) is 9.78 Å². The average molecular weight is 425 g/mol. The van der Waals surface area contributed by atoms with Gasteiger partial charge in [0.25, 0.3) is 0 Å². The van der Waals surface area contributed by atoms with E-state index in [1.54, 1.807) is 12.4 Å². The minimum Gasteiger partial charge on any atom is -0.395 e. The van der Waals surface area contributed by atoms with Crippen LogP contribution in [-0.4, -0.2) is 53.9 Å². The number of hydrogen-bond acceptors (Lipinski definition) is 6. The number of aromatic nitrogens is 1. The number of nitrogens with zero attached hydrogens (tertiary/aromatic N) is 1. The summed E-state index contributed by atoms with van der Waals surface area (Å²) in [5.41, 5.74) is 10.5. The van der Waals surface area contributed by atoms with Crippen molar-refractivity contribution in [3.05, 3.63) is 59.4 Å². The number of rotatable bonds is 9. The molecule has 0 spiro atoms. The maximum Gasteiger partial charge on any atom is 0.241 e. The number of benzene rings is 1. The average Bonchev–Trinajstić information content (AvgIpc) is 3.64. The summed E-state index contributed by atoms with van der Waals surface area (Å²) in [7, 11) is 0. The van der Waals surface area contributed by atoms with Crippen molar-refractivity contribution in [3.8, 4) is 0 Å². The Bertz CT molecular complexity index is 879. The molecule has 2 fully saturated rings. The first-order valence-corrected chi connectivity index (χ1v) is 11.2. The number of aliphatic hydroxyl groups is 1. The standard InChI is InChI=1S/C24H32N4O3/c25-22(11-18-3-1-2-4-21(18)16-5-6-16)24(30)28-23-13-26-10-9-17(23)7-8-20-12-27-19(14-29)15-31-20/h1-4,9-10,13,16,19-20,22,27,29H,5-8,11-12,14-15,25H2,(H,28,30)/t19-,20-,22+/m1/s1. The summed E-state index contributed by atoms with van der Waals surface area (Å²) < 4.78 is 5.82. The van der Waals surface area contributed by atoms with E-state index >= 15 is 0 Å². The third-order valence-electron chi connectivity index (χ3n) is 6.14. The van der Waals surface area contributed by atoms with Gasteiger partial charge in [-0.25, -0.2) is 0 Å². The molecular weight excluding hydrogens is 392 g/mol. The molecule has 7 heteroatoms. The second-order valence-electron chi connectivity index (χ2n) is 8.59. The van der Waals surface area contributed by atoms with Crippen molar-refractivity contribution in [2.24, 2.45) is 5.73 Å². The highest BCUT2D eigenvalue weighted by molar-refractivity contribution is 5.95. The first-order valence-electron chi connectivity index (χ1n) is 11.2. The van der Waals surface area contributed by atoms with E-state index in [1.807, 2.05) is 12.1 Å². The molecular formula is C24H32N4O3. The number of anilines is 1. The number of carbonyl (C=O) groups excluding carboxylic acids is 1. The summed E-state index contributed by atoms with van der Waals surface area (Å²) in [4.78, 5) is 17.0. The molecule has 0 bridgehead atoms. The van der Waals surface area contributed by atoms with Crippen LogP contribution in [0.2, 0.25) is 0 Å². The molecule has 1 amide bonds. The van der Waals surface area contributed by atoms with Crippen molar-refractivity contribution >= 4 is 11.6 Å². The number of nitrogens with one attached hydrogen (secondary N) is 2. The molecule has 1 aromatic heterocycles. The smallest absolute Gasteiger partial charge is 0.241 e. The number of nitrogens with two attached hydrogens (primary N) is 1. The zero-order valence-corrected chi connectivity index (χ0v) is 17.8. The largest absolute Gasteiger partial charge is 0.395 e. The van der Waals surface area contributed by atoms with Crippen LogP contribution in [0.1, 0.15) is 41.9 Å². The van der Waals surface area contributed by atoms with E-state index in [1.165, 1.54) is 24.0 Å². The maximum atomic E-state index is 12.8. The number of amides is 1. The molecule has 2 aliphatic rings. The van der Waals surface area contributed by atoms with E-state index in [9.17, 15) is 9.90 Å². The van der Waals surface area contributed by atoms with E-state index in [0.717, 1.165) is 18.4 Å². The summed E-state index contributed by atoms with van der Waals surface area (Å²) in [6.07, 6.45) is 8.05. The molecule has 3 atom stereocenters. The Hall–Kier alpha value is -2.32. The van der Waals surface area contributed by atoms with Crippen molar-refractivity contribution < 1.29 is 14.6 Å². The lowest BCUT2D eigenvalue weighted by atomic mass is 9.97. The molecule has 1 aromatic carbocycles. The number of pyridine rings is 1. The van der Waals surface area contributed by atoms with E-state index in [4.69, 9.17) is 10.5 Å². The first-order chi connectivity index (χ1) is 15.1. The molecule has 1 aliphatic heterocycles. The van der Waals surface area contributed by atoms with E-state index in [2.05, 4.69) is 33.8 Å². The summed E-state index contributed by atoms with van der Waals surface area (Å²) in [5, 5.41) is 15.5. The Morgan fingerprint density at radius 1 is 1.29 bits per heavy atom. The first kappa shape index (κ1) is 21.9. The van der Waals surface area contributed by atoms with Gasteiger partial charge in [0.1, 0.15) is 0 Å². The van der Waals surface area contributed by atoms with Gasteiger partial charge in [0.2, 0.25) is 5.91 Å². The second kappa shape index (κ2) is 10.3. The van der Waals surface area contributed by atoms with Gasteiger partial charge < -0.3 is 26.2 Å². The van der Waals surface area contributed by atoms with Gasteiger partial charge >= 0.3 is 0 Å². The van der Waals surface area contributed by atoms with Gasteiger partial charge in [-0.1, -0.05) is 24.3 Å². The van der Waals surface area contributed by atoms with E-state index < -0.39 is 6.04 Å². The van der Waals surface area contributed by atoms with E-state index in [0.29, 0.717) is 31.2 Å². The number of aryl methyl sites for hydroxylation is 1. The highest BCUT2D eigenvalue weighted by Crippen LogP contribution is 2.41. The van der Waals surface area contributed by atoms with Gasteiger partial charge in [0.05, 0.1) is 43.3 Å². The van der Waals surface area contributed by atoms with Crippen LogP contribution in [0.4, 0.5) is 5.69 Å². The van der Waals surface area contributed by atoms with Crippen LogP contribution in [0, 0.1) is 0 Å². The highest BCUT2D eigenvalue weighted by Gasteiger charge is 2.27. The summed E-state index contributed by atoms with van der Waals surface area (Å²) in [6.45, 7) is 1.31. The predicted molar refractivity (Wildman–Crippen MR) is 120 cm³/mol. The Morgan fingerprint density at radius 2 is 2.13 bits per heavy atom. The number of morpholine rings is 1. The van der Waals surface area contributed by atoms with Crippen molar-refractivity contribution in [3.63, 3.8) is 0 Å². The fourth-order valence-electron chi connectivity index (χ4n) is 4.11. The molecule has 5 N–H and O–H groups in total. The Labute approximate surface area is 183 Å². The van der Waals surface area contributed by atoms with Crippen LogP contribution < -0.4 is 16.4 Å². The molecule has 1 saturated carbocycles. The Kier molecular flexibility index (Phi) is 7.29.